The fraction of sp³-hybridized carbons (Fsp3) is 0.400. The van der Waals surface area contributed by atoms with Crippen molar-refractivity contribution in [3.05, 3.63) is 58.9 Å². The molecule has 0 saturated heterocycles. The van der Waals surface area contributed by atoms with E-state index in [0.717, 1.165) is 28.9 Å². The Morgan fingerprint density at radius 1 is 1.32 bits per heavy atom. The molecule has 0 radical (unpaired) electrons. The van der Waals surface area contributed by atoms with Crippen LogP contribution >= 0.6 is 0 Å². The Balaban J connectivity index is 1.74. The first-order valence-electron chi connectivity index (χ1n) is 8.69. The van der Waals surface area contributed by atoms with Crippen LogP contribution in [-0.2, 0) is 0 Å². The number of pyridine rings is 1. The molecule has 2 atom stereocenters. The van der Waals surface area contributed by atoms with Crippen molar-refractivity contribution in [3.8, 4) is 5.75 Å². The minimum Gasteiger partial charge on any atom is -0.490 e. The first-order chi connectivity index (χ1) is 12.0. The van der Waals surface area contributed by atoms with Crippen LogP contribution in [0.1, 0.15) is 47.7 Å². The molecule has 5 nitrogen and oxygen atoms in total. The maximum absolute atomic E-state index is 12.8. The zero-order chi connectivity index (χ0) is 18.0. The molecule has 2 heterocycles. The lowest BCUT2D eigenvalue weighted by atomic mass is 10.0. The Kier molecular flexibility index (Phi) is 4.93. The Bertz CT molecular complexity index is 761. The van der Waals surface area contributed by atoms with Gasteiger partial charge in [0, 0.05) is 25.0 Å². The van der Waals surface area contributed by atoms with Gasteiger partial charge in [-0.2, -0.15) is 0 Å². The summed E-state index contributed by atoms with van der Waals surface area (Å²) in [6, 6.07) is 7.86. The van der Waals surface area contributed by atoms with Crippen molar-refractivity contribution >= 4 is 6.03 Å². The molecule has 1 aromatic carbocycles. The maximum atomic E-state index is 12.8. The number of fused-ring (bicyclic) bond motifs is 1. The van der Waals surface area contributed by atoms with E-state index in [1.165, 1.54) is 5.56 Å². The van der Waals surface area contributed by atoms with E-state index in [0.29, 0.717) is 6.61 Å². The average Bonchev–Trinajstić information content (AvgIpc) is 3.03. The molecule has 1 aromatic heterocycles. The average molecular weight is 339 g/mol. The molecule has 1 N–H and O–H groups in total. The summed E-state index contributed by atoms with van der Waals surface area (Å²) in [5, 5.41) is 3.11. The molecule has 0 fully saturated rings. The van der Waals surface area contributed by atoms with E-state index in [2.05, 4.69) is 43.2 Å². The first-order valence-corrected chi connectivity index (χ1v) is 8.69. The summed E-state index contributed by atoms with van der Waals surface area (Å²) in [7, 11) is 1.83. The van der Waals surface area contributed by atoms with E-state index in [4.69, 9.17) is 4.74 Å². The molecule has 0 aliphatic carbocycles. The van der Waals surface area contributed by atoms with Gasteiger partial charge >= 0.3 is 6.03 Å². The van der Waals surface area contributed by atoms with E-state index in [-0.39, 0.29) is 18.1 Å². The number of urea groups is 1. The van der Waals surface area contributed by atoms with Gasteiger partial charge in [-0.25, -0.2) is 4.79 Å². The highest BCUT2D eigenvalue weighted by Gasteiger charge is 2.29. The van der Waals surface area contributed by atoms with Crippen LogP contribution in [0.2, 0.25) is 0 Å². The fourth-order valence-electron chi connectivity index (χ4n) is 3.36. The normalized spacial score (nSPS) is 16.7. The maximum Gasteiger partial charge on any atom is 0.318 e. The molecule has 2 amide bonds. The van der Waals surface area contributed by atoms with Crippen LogP contribution in [0.5, 0.6) is 5.75 Å². The molecule has 0 saturated carbocycles. The van der Waals surface area contributed by atoms with Crippen LogP contribution in [0.4, 0.5) is 4.79 Å². The molecule has 0 unspecified atom stereocenters. The number of ether oxygens (including phenoxy) is 1. The lowest BCUT2D eigenvalue weighted by molar-refractivity contribution is 0.181. The van der Waals surface area contributed by atoms with E-state index in [1.807, 2.05) is 19.2 Å². The molecule has 1 aliphatic rings. The van der Waals surface area contributed by atoms with Gasteiger partial charge in [0.15, 0.2) is 0 Å². The van der Waals surface area contributed by atoms with Crippen LogP contribution in [0.25, 0.3) is 0 Å². The Hall–Kier alpha value is -2.56. The third-order valence-corrected chi connectivity index (χ3v) is 5.04. The Labute approximate surface area is 149 Å². The van der Waals surface area contributed by atoms with E-state index < -0.39 is 0 Å². The van der Waals surface area contributed by atoms with Crippen molar-refractivity contribution in [2.24, 2.45) is 0 Å². The second-order valence-corrected chi connectivity index (χ2v) is 6.55. The smallest absolute Gasteiger partial charge is 0.318 e. The number of benzene rings is 1. The van der Waals surface area contributed by atoms with Gasteiger partial charge in [0.2, 0.25) is 0 Å². The van der Waals surface area contributed by atoms with Gasteiger partial charge in [0.1, 0.15) is 12.4 Å². The lowest BCUT2D eigenvalue weighted by Crippen LogP contribution is -2.41. The number of aryl methyl sites for hydroxylation is 1. The number of hydrogen-bond acceptors (Lipinski definition) is 3. The van der Waals surface area contributed by atoms with Crippen molar-refractivity contribution in [2.45, 2.75) is 39.3 Å². The Morgan fingerprint density at radius 2 is 2.04 bits per heavy atom. The van der Waals surface area contributed by atoms with Crippen LogP contribution < -0.4 is 10.1 Å². The summed E-state index contributed by atoms with van der Waals surface area (Å²) in [5.74, 6) is 0.911. The molecule has 0 bridgehead atoms. The number of amides is 2. The molecular formula is C20H25N3O2. The van der Waals surface area contributed by atoms with Crippen molar-refractivity contribution in [1.29, 1.82) is 0 Å². The third-order valence-electron chi connectivity index (χ3n) is 5.04. The predicted octanol–water partition coefficient (Wildman–Crippen LogP) is 3.92. The fourth-order valence-corrected chi connectivity index (χ4v) is 3.36. The number of nitrogens with zero attached hydrogens (tertiary/aromatic N) is 2. The minimum atomic E-state index is -0.112. The highest BCUT2D eigenvalue weighted by molar-refractivity contribution is 5.75. The van der Waals surface area contributed by atoms with Crippen molar-refractivity contribution in [1.82, 2.24) is 15.2 Å². The molecule has 132 valence electrons. The monoisotopic (exact) mass is 339 g/mol. The third kappa shape index (κ3) is 3.31. The van der Waals surface area contributed by atoms with Crippen LogP contribution in [0.3, 0.4) is 0 Å². The van der Waals surface area contributed by atoms with E-state index >= 15 is 0 Å². The van der Waals surface area contributed by atoms with Gasteiger partial charge in [0.25, 0.3) is 0 Å². The van der Waals surface area contributed by atoms with E-state index in [9.17, 15) is 4.79 Å². The quantitative estimate of drug-likeness (QED) is 0.918. The summed E-state index contributed by atoms with van der Waals surface area (Å²) in [4.78, 5) is 18.6. The van der Waals surface area contributed by atoms with Crippen LogP contribution in [-0.4, -0.2) is 29.6 Å². The number of aromatic nitrogens is 1. The van der Waals surface area contributed by atoms with Gasteiger partial charge in [-0.3, -0.25) is 4.98 Å². The van der Waals surface area contributed by atoms with Gasteiger partial charge in [-0.15, -0.1) is 0 Å². The number of hydrogen-bond donors (Lipinski definition) is 1. The number of nitrogens with one attached hydrogen (secondary N) is 1. The second kappa shape index (κ2) is 7.13. The largest absolute Gasteiger partial charge is 0.490 e. The van der Waals surface area contributed by atoms with Gasteiger partial charge < -0.3 is 15.0 Å². The summed E-state index contributed by atoms with van der Waals surface area (Å²) in [6.45, 7) is 6.68. The molecule has 25 heavy (non-hydrogen) atoms. The molecule has 2 aromatic rings. The molecule has 1 aliphatic heterocycles. The SMILES string of the molecule is CC[C@H](c1ccncc1)N(C)C(=O)N[C@@H]1COc2c1ccc(C)c2C. The lowest BCUT2D eigenvalue weighted by Gasteiger charge is -2.29. The van der Waals surface area contributed by atoms with Gasteiger partial charge in [0.05, 0.1) is 12.1 Å². The summed E-state index contributed by atoms with van der Waals surface area (Å²) >= 11 is 0. The minimum absolute atomic E-state index is 0.0181. The summed E-state index contributed by atoms with van der Waals surface area (Å²) < 4.78 is 5.83. The number of carbonyl (C=O) groups is 1. The summed E-state index contributed by atoms with van der Waals surface area (Å²) in [6.07, 6.45) is 4.36. The molecule has 0 spiro atoms. The van der Waals surface area contributed by atoms with Gasteiger partial charge in [-0.1, -0.05) is 19.1 Å². The Morgan fingerprint density at radius 3 is 2.72 bits per heavy atom. The number of rotatable bonds is 4. The van der Waals surface area contributed by atoms with Crippen molar-refractivity contribution < 1.29 is 9.53 Å². The van der Waals surface area contributed by atoms with Crippen molar-refractivity contribution in [2.75, 3.05) is 13.7 Å². The van der Waals surface area contributed by atoms with Crippen molar-refractivity contribution in [3.63, 3.8) is 0 Å². The predicted molar refractivity (Wildman–Crippen MR) is 97.7 cm³/mol. The highest BCUT2D eigenvalue weighted by Crippen LogP contribution is 2.36. The van der Waals surface area contributed by atoms with E-state index in [1.54, 1.807) is 17.3 Å². The molecule has 5 heteroatoms. The topological polar surface area (TPSA) is 54.5 Å². The molecular weight excluding hydrogens is 314 g/mol. The zero-order valence-electron chi connectivity index (χ0n) is 15.2. The van der Waals surface area contributed by atoms with Crippen LogP contribution in [0.15, 0.2) is 36.7 Å². The number of carbonyl (C=O) groups excluding carboxylic acids is 1. The zero-order valence-corrected chi connectivity index (χ0v) is 15.2. The standard InChI is InChI=1S/C20H25N3O2/c1-5-18(15-8-10-21-11-9-15)23(4)20(24)22-17-12-25-19-14(3)13(2)6-7-16(17)19/h6-11,17-18H,5,12H2,1-4H3,(H,22,24)/t17-,18-/m1/s1. The van der Waals surface area contributed by atoms with Gasteiger partial charge in [-0.05, 0) is 49.1 Å². The van der Waals surface area contributed by atoms with Crippen LogP contribution in [0, 0.1) is 13.8 Å². The highest BCUT2D eigenvalue weighted by atomic mass is 16.5. The summed E-state index contributed by atoms with van der Waals surface area (Å²) in [5.41, 5.74) is 4.49. The second-order valence-electron chi connectivity index (χ2n) is 6.55. The molecule has 3 rings (SSSR count). The first kappa shape index (κ1) is 17.3.